The van der Waals surface area contributed by atoms with Crippen LogP contribution in [0.3, 0.4) is 0 Å². The minimum atomic E-state index is -3.86. The number of hydrogen-bond donors (Lipinski definition) is 0. The molecule has 2 heterocycles. The van der Waals surface area contributed by atoms with Crippen molar-refractivity contribution in [3.05, 3.63) is 127 Å². The van der Waals surface area contributed by atoms with Gasteiger partial charge in [0.25, 0.3) is 10.0 Å². The molecule has 0 spiro atoms. The predicted octanol–water partition coefficient (Wildman–Crippen LogP) is 7.20. The van der Waals surface area contributed by atoms with Gasteiger partial charge in [-0.05, 0) is 58.7 Å². The maximum absolute atomic E-state index is 13.8. The fourth-order valence-electron chi connectivity index (χ4n) is 4.98. The lowest BCUT2D eigenvalue weighted by molar-refractivity contribution is 0.592. The van der Waals surface area contributed by atoms with Crippen molar-refractivity contribution in [3.63, 3.8) is 0 Å². The molecule has 7 rings (SSSR count). The summed E-state index contributed by atoms with van der Waals surface area (Å²) in [6, 6.07) is 41.0. The first kappa shape index (κ1) is 21.6. The average molecular weight is 500 g/mol. The first-order valence-corrected chi connectivity index (χ1v) is 13.4. The van der Waals surface area contributed by atoms with Crippen molar-refractivity contribution in [2.24, 2.45) is 0 Å². The summed E-state index contributed by atoms with van der Waals surface area (Å²) in [6.07, 6.45) is 0. The molecule has 1 aliphatic rings. The minimum Gasteiger partial charge on any atom is -0.276 e. The van der Waals surface area contributed by atoms with E-state index in [2.05, 4.69) is 36.4 Å². The highest BCUT2D eigenvalue weighted by Gasteiger charge is 2.38. The quantitative estimate of drug-likeness (QED) is 0.259. The van der Waals surface area contributed by atoms with Crippen molar-refractivity contribution < 1.29 is 8.42 Å². The van der Waals surface area contributed by atoms with Crippen molar-refractivity contribution in [2.75, 3.05) is 4.31 Å². The number of nitrogens with zero attached hydrogens (tertiary/aromatic N) is 3. The third kappa shape index (κ3) is 3.37. The van der Waals surface area contributed by atoms with E-state index in [0.717, 1.165) is 27.7 Å². The van der Waals surface area contributed by atoms with Crippen LogP contribution in [0.5, 0.6) is 0 Å². The number of anilines is 2. The second-order valence-corrected chi connectivity index (χ2v) is 10.7. The number of benzene rings is 5. The number of aromatic nitrogens is 2. The minimum absolute atomic E-state index is 0.256. The molecule has 5 aromatic carbocycles. The van der Waals surface area contributed by atoms with Gasteiger partial charge >= 0.3 is 0 Å². The van der Waals surface area contributed by atoms with Crippen molar-refractivity contribution in [1.29, 1.82) is 0 Å². The number of sulfonamides is 1. The molecule has 1 aliphatic heterocycles. The lowest BCUT2D eigenvalue weighted by atomic mass is 10.0. The van der Waals surface area contributed by atoms with E-state index in [4.69, 9.17) is 4.98 Å². The molecule has 0 radical (unpaired) electrons. The molecule has 178 valence electrons. The third-order valence-corrected chi connectivity index (χ3v) is 8.53. The van der Waals surface area contributed by atoms with Gasteiger partial charge in [-0.25, -0.2) is 17.7 Å². The Labute approximate surface area is 214 Å². The normalized spacial score (nSPS) is 13.8. The summed E-state index contributed by atoms with van der Waals surface area (Å²) < 4.78 is 31.0. The Bertz CT molecular complexity index is 1880. The molecule has 0 atom stereocenters. The van der Waals surface area contributed by atoms with Crippen LogP contribution in [0.15, 0.2) is 132 Å². The SMILES string of the molecule is O=S1(=O)c2ccccc2-n2c(nc3ccccc32)N1c1ccc(-c2ccc(-c3ccccc3)cc2)cc1. The van der Waals surface area contributed by atoms with Crippen LogP contribution < -0.4 is 4.31 Å². The first-order valence-electron chi connectivity index (χ1n) is 12.0. The maximum Gasteiger partial charge on any atom is 0.273 e. The molecule has 0 fully saturated rings. The molecule has 6 heteroatoms. The van der Waals surface area contributed by atoms with E-state index in [1.165, 1.54) is 9.87 Å². The monoisotopic (exact) mass is 499 g/mol. The maximum atomic E-state index is 13.8. The summed E-state index contributed by atoms with van der Waals surface area (Å²) in [4.78, 5) is 4.99. The third-order valence-electron chi connectivity index (χ3n) is 6.78. The van der Waals surface area contributed by atoms with Crippen LogP contribution in [0.25, 0.3) is 39.0 Å². The Kier molecular flexibility index (Phi) is 4.77. The molecular formula is C31H21N3O2S. The second-order valence-electron chi connectivity index (χ2n) is 8.96. The van der Waals surface area contributed by atoms with Crippen LogP contribution >= 0.6 is 0 Å². The van der Waals surface area contributed by atoms with E-state index in [1.807, 2.05) is 83.4 Å². The van der Waals surface area contributed by atoms with Gasteiger partial charge in [0.2, 0.25) is 5.95 Å². The zero-order valence-corrected chi connectivity index (χ0v) is 20.5. The first-order chi connectivity index (χ1) is 18.1. The fraction of sp³-hybridized carbons (Fsp3) is 0. The smallest absolute Gasteiger partial charge is 0.273 e. The molecule has 0 unspecified atom stereocenters. The largest absolute Gasteiger partial charge is 0.276 e. The summed E-state index contributed by atoms with van der Waals surface area (Å²) >= 11 is 0. The molecule has 0 amide bonds. The predicted molar refractivity (Wildman–Crippen MR) is 148 cm³/mol. The Morgan fingerprint density at radius 2 is 1.08 bits per heavy atom. The Hall–Kier alpha value is -4.68. The molecule has 1 aromatic heterocycles. The molecule has 0 N–H and O–H groups in total. The molecule has 37 heavy (non-hydrogen) atoms. The molecule has 6 aromatic rings. The van der Waals surface area contributed by atoms with Gasteiger partial charge in [-0.3, -0.25) is 4.57 Å². The lowest BCUT2D eigenvalue weighted by Gasteiger charge is -2.30. The van der Waals surface area contributed by atoms with E-state index >= 15 is 0 Å². The summed E-state index contributed by atoms with van der Waals surface area (Å²) in [6.45, 7) is 0. The Balaban J connectivity index is 1.32. The van der Waals surface area contributed by atoms with Gasteiger partial charge in [0.1, 0.15) is 4.90 Å². The topological polar surface area (TPSA) is 55.2 Å². The van der Waals surface area contributed by atoms with E-state index in [-0.39, 0.29) is 4.90 Å². The van der Waals surface area contributed by atoms with Gasteiger partial charge in [0.05, 0.1) is 22.4 Å². The number of hydrogen-bond acceptors (Lipinski definition) is 3. The van der Waals surface area contributed by atoms with Crippen molar-refractivity contribution in [1.82, 2.24) is 9.55 Å². The number of para-hydroxylation sites is 3. The molecular weight excluding hydrogens is 478 g/mol. The summed E-state index contributed by atoms with van der Waals surface area (Å²) in [7, 11) is -3.86. The van der Waals surface area contributed by atoms with Gasteiger partial charge in [-0.15, -0.1) is 0 Å². The zero-order chi connectivity index (χ0) is 25.0. The molecule has 5 nitrogen and oxygen atoms in total. The van der Waals surface area contributed by atoms with Crippen molar-refractivity contribution in [2.45, 2.75) is 4.90 Å². The highest BCUT2D eigenvalue weighted by Crippen LogP contribution is 2.42. The van der Waals surface area contributed by atoms with Gasteiger partial charge in [0.15, 0.2) is 0 Å². The van der Waals surface area contributed by atoms with E-state index in [9.17, 15) is 8.42 Å². The highest BCUT2D eigenvalue weighted by molar-refractivity contribution is 7.93. The van der Waals surface area contributed by atoms with Gasteiger partial charge in [0, 0.05) is 0 Å². The second kappa shape index (κ2) is 8.18. The highest BCUT2D eigenvalue weighted by atomic mass is 32.2. The van der Waals surface area contributed by atoms with Gasteiger partial charge < -0.3 is 0 Å². The van der Waals surface area contributed by atoms with E-state index in [1.54, 1.807) is 12.1 Å². The van der Waals surface area contributed by atoms with Gasteiger partial charge in [-0.2, -0.15) is 0 Å². The van der Waals surface area contributed by atoms with E-state index < -0.39 is 10.0 Å². The molecule has 0 aliphatic carbocycles. The number of fused-ring (bicyclic) bond motifs is 5. The van der Waals surface area contributed by atoms with Crippen LogP contribution in [0, 0.1) is 0 Å². The van der Waals surface area contributed by atoms with Crippen LogP contribution in [0.4, 0.5) is 11.6 Å². The average Bonchev–Trinajstić information content (AvgIpc) is 3.33. The lowest BCUT2D eigenvalue weighted by Crippen LogP contribution is -2.33. The molecule has 0 saturated carbocycles. The van der Waals surface area contributed by atoms with Crippen molar-refractivity contribution >= 4 is 32.7 Å². The Morgan fingerprint density at radius 3 is 1.78 bits per heavy atom. The summed E-state index contributed by atoms with van der Waals surface area (Å²) in [5, 5.41) is 0. The Morgan fingerprint density at radius 1 is 0.541 bits per heavy atom. The zero-order valence-electron chi connectivity index (χ0n) is 19.7. The number of rotatable bonds is 3. The summed E-state index contributed by atoms with van der Waals surface area (Å²) in [5.41, 5.74) is 7.13. The van der Waals surface area contributed by atoms with Crippen LogP contribution in [-0.2, 0) is 10.0 Å². The van der Waals surface area contributed by atoms with Gasteiger partial charge in [-0.1, -0.05) is 91.0 Å². The van der Waals surface area contributed by atoms with Crippen molar-refractivity contribution in [3.8, 4) is 27.9 Å². The van der Waals surface area contributed by atoms with Crippen LogP contribution in [0.1, 0.15) is 0 Å². The summed E-state index contributed by atoms with van der Waals surface area (Å²) in [5.74, 6) is 0.361. The molecule has 0 saturated heterocycles. The van der Waals surface area contributed by atoms with Crippen LogP contribution in [0.2, 0.25) is 0 Å². The number of imidazole rings is 1. The fourth-order valence-corrected chi connectivity index (χ4v) is 6.59. The standard InChI is InChI=1S/C31H21N3O2S/c35-37(36)30-13-7-6-12-29(30)33-28-11-5-4-10-27(28)32-31(33)34(37)26-20-18-25(19-21-26)24-16-14-23(15-17-24)22-8-2-1-3-9-22/h1-21H. The van der Waals surface area contributed by atoms with Crippen LogP contribution in [-0.4, -0.2) is 18.0 Å². The van der Waals surface area contributed by atoms with E-state index in [0.29, 0.717) is 17.3 Å². The molecule has 0 bridgehead atoms.